The zero-order chi connectivity index (χ0) is 21.3. The Balaban J connectivity index is 1.81. The van der Waals surface area contributed by atoms with Gasteiger partial charge in [-0.05, 0) is 48.4 Å². The Hall–Kier alpha value is -3.65. The van der Waals surface area contributed by atoms with Crippen LogP contribution in [0.5, 0.6) is 0 Å². The van der Waals surface area contributed by atoms with Crippen LogP contribution in [0.1, 0.15) is 12.5 Å². The van der Waals surface area contributed by atoms with E-state index in [9.17, 15) is 18.0 Å². The molecule has 8 heteroatoms. The van der Waals surface area contributed by atoms with E-state index in [1.54, 1.807) is 36.4 Å². The van der Waals surface area contributed by atoms with Gasteiger partial charge in [0, 0.05) is 0 Å². The first-order valence-corrected chi connectivity index (χ1v) is 10.8. The maximum absolute atomic E-state index is 13.0. The van der Waals surface area contributed by atoms with Crippen LogP contribution >= 0.6 is 0 Å². The van der Waals surface area contributed by atoms with Crippen molar-refractivity contribution >= 4 is 26.6 Å². The van der Waals surface area contributed by atoms with Crippen LogP contribution in [0.2, 0.25) is 0 Å². The highest BCUT2D eigenvalue weighted by Crippen LogP contribution is 2.21. The van der Waals surface area contributed by atoms with Gasteiger partial charge in [-0.3, -0.25) is 9.52 Å². The molecule has 152 valence electrons. The summed E-state index contributed by atoms with van der Waals surface area (Å²) in [6.07, 6.45) is 0.667. The zero-order valence-corrected chi connectivity index (χ0v) is 16.9. The van der Waals surface area contributed by atoms with Crippen molar-refractivity contribution in [2.24, 2.45) is 0 Å². The van der Waals surface area contributed by atoms with Crippen molar-refractivity contribution in [3.8, 4) is 5.69 Å². The molecular formula is C22H19N3O4S. The summed E-state index contributed by atoms with van der Waals surface area (Å²) in [6.45, 7) is 1.94. The van der Waals surface area contributed by atoms with Crippen molar-refractivity contribution in [1.82, 2.24) is 9.55 Å². The van der Waals surface area contributed by atoms with Crippen LogP contribution in [0.3, 0.4) is 0 Å². The van der Waals surface area contributed by atoms with Crippen molar-refractivity contribution in [2.75, 3.05) is 4.72 Å². The second-order valence-electron chi connectivity index (χ2n) is 6.73. The number of aromatic amines is 1. The number of benzene rings is 3. The van der Waals surface area contributed by atoms with Crippen LogP contribution in [0.25, 0.3) is 16.6 Å². The van der Waals surface area contributed by atoms with E-state index in [1.165, 1.54) is 24.3 Å². The molecule has 1 aromatic heterocycles. The van der Waals surface area contributed by atoms with Gasteiger partial charge in [0.25, 0.3) is 15.6 Å². The van der Waals surface area contributed by atoms with E-state index in [2.05, 4.69) is 9.71 Å². The monoisotopic (exact) mass is 421 g/mol. The molecule has 4 rings (SSSR count). The quantitative estimate of drug-likeness (QED) is 0.517. The lowest BCUT2D eigenvalue weighted by atomic mass is 10.1. The molecule has 0 aliphatic carbocycles. The highest BCUT2D eigenvalue weighted by molar-refractivity contribution is 7.92. The van der Waals surface area contributed by atoms with Gasteiger partial charge in [0.1, 0.15) is 0 Å². The molecule has 4 aromatic rings. The van der Waals surface area contributed by atoms with Crippen molar-refractivity contribution in [3.05, 3.63) is 99.2 Å². The molecule has 3 aromatic carbocycles. The molecule has 1 heterocycles. The molecule has 0 bridgehead atoms. The molecule has 0 spiro atoms. The Morgan fingerprint density at radius 2 is 1.67 bits per heavy atom. The first kappa shape index (κ1) is 19.7. The fourth-order valence-corrected chi connectivity index (χ4v) is 4.46. The molecule has 0 aliphatic heterocycles. The number of para-hydroxylation sites is 2. The Bertz CT molecular complexity index is 1470. The third-order valence-electron chi connectivity index (χ3n) is 4.83. The van der Waals surface area contributed by atoms with Crippen LogP contribution in [0.4, 0.5) is 5.69 Å². The van der Waals surface area contributed by atoms with Crippen LogP contribution < -0.4 is 16.0 Å². The minimum absolute atomic E-state index is 0.0506. The molecule has 0 amide bonds. The molecule has 2 N–H and O–H groups in total. The van der Waals surface area contributed by atoms with Gasteiger partial charge in [0.05, 0.1) is 27.2 Å². The van der Waals surface area contributed by atoms with E-state index in [-0.39, 0.29) is 10.6 Å². The van der Waals surface area contributed by atoms with Crippen molar-refractivity contribution < 1.29 is 8.42 Å². The van der Waals surface area contributed by atoms with Gasteiger partial charge >= 0.3 is 5.69 Å². The first-order valence-electron chi connectivity index (χ1n) is 9.36. The van der Waals surface area contributed by atoms with Gasteiger partial charge in [-0.1, -0.05) is 43.3 Å². The van der Waals surface area contributed by atoms with Gasteiger partial charge in [-0.25, -0.2) is 17.8 Å². The second-order valence-corrected chi connectivity index (χ2v) is 8.41. The summed E-state index contributed by atoms with van der Waals surface area (Å²) in [5.41, 5.74) is 0.778. The second kappa shape index (κ2) is 7.64. The molecule has 0 radical (unpaired) electrons. The molecule has 0 unspecified atom stereocenters. The van der Waals surface area contributed by atoms with Crippen LogP contribution in [-0.4, -0.2) is 18.0 Å². The number of sulfonamides is 1. The normalized spacial score (nSPS) is 11.5. The summed E-state index contributed by atoms with van der Waals surface area (Å²) < 4.78 is 29.4. The number of anilines is 1. The number of nitrogens with zero attached hydrogens (tertiary/aromatic N) is 1. The molecular weight excluding hydrogens is 402 g/mol. The van der Waals surface area contributed by atoms with E-state index in [1.807, 2.05) is 19.1 Å². The Kier molecular flexibility index (Phi) is 5.01. The van der Waals surface area contributed by atoms with E-state index in [0.717, 1.165) is 10.1 Å². The SMILES string of the molecule is CCc1ccccc1NS(=O)(=O)c1cccc(-n2c(=O)[nH]c3ccccc3c2=O)c1. The van der Waals surface area contributed by atoms with Gasteiger partial charge < -0.3 is 4.98 Å². The maximum Gasteiger partial charge on any atom is 0.333 e. The molecule has 0 atom stereocenters. The van der Waals surface area contributed by atoms with E-state index >= 15 is 0 Å². The Morgan fingerprint density at radius 1 is 0.933 bits per heavy atom. The number of aryl methyl sites for hydroxylation is 1. The molecule has 0 saturated carbocycles. The lowest BCUT2D eigenvalue weighted by Gasteiger charge is -2.13. The first-order chi connectivity index (χ1) is 14.4. The van der Waals surface area contributed by atoms with Gasteiger partial charge in [-0.2, -0.15) is 0 Å². The van der Waals surface area contributed by atoms with Gasteiger partial charge in [0.15, 0.2) is 0 Å². The zero-order valence-electron chi connectivity index (χ0n) is 16.1. The minimum atomic E-state index is -3.92. The average Bonchev–Trinajstić information content (AvgIpc) is 2.74. The molecule has 0 aliphatic rings. The predicted molar refractivity (Wildman–Crippen MR) is 117 cm³/mol. The summed E-state index contributed by atoms with van der Waals surface area (Å²) in [6, 6.07) is 19.5. The number of aromatic nitrogens is 2. The van der Waals surface area contributed by atoms with Crippen LogP contribution in [0, 0.1) is 0 Å². The summed E-state index contributed by atoms with van der Waals surface area (Å²) in [5.74, 6) is 0. The number of hydrogen-bond donors (Lipinski definition) is 2. The number of fused-ring (bicyclic) bond motifs is 1. The van der Waals surface area contributed by atoms with Crippen LogP contribution in [0.15, 0.2) is 87.3 Å². The number of H-pyrrole nitrogens is 1. The summed E-state index contributed by atoms with van der Waals surface area (Å²) >= 11 is 0. The van der Waals surface area contributed by atoms with Crippen molar-refractivity contribution in [1.29, 1.82) is 0 Å². The average molecular weight is 421 g/mol. The maximum atomic E-state index is 13.0. The van der Waals surface area contributed by atoms with Gasteiger partial charge in [-0.15, -0.1) is 0 Å². The highest BCUT2D eigenvalue weighted by Gasteiger charge is 2.18. The minimum Gasteiger partial charge on any atom is -0.306 e. The largest absolute Gasteiger partial charge is 0.333 e. The lowest BCUT2D eigenvalue weighted by molar-refractivity contribution is 0.601. The fraction of sp³-hybridized carbons (Fsp3) is 0.0909. The number of hydrogen-bond acceptors (Lipinski definition) is 4. The molecule has 30 heavy (non-hydrogen) atoms. The fourth-order valence-electron chi connectivity index (χ4n) is 3.32. The molecule has 7 nitrogen and oxygen atoms in total. The Labute approximate surface area is 172 Å². The van der Waals surface area contributed by atoms with Crippen molar-refractivity contribution in [2.45, 2.75) is 18.2 Å². The van der Waals surface area contributed by atoms with Crippen molar-refractivity contribution in [3.63, 3.8) is 0 Å². The summed E-state index contributed by atoms with van der Waals surface area (Å²) in [7, 11) is -3.92. The lowest BCUT2D eigenvalue weighted by Crippen LogP contribution is -2.33. The summed E-state index contributed by atoms with van der Waals surface area (Å²) in [5, 5.41) is 0.334. The van der Waals surface area contributed by atoms with E-state index in [4.69, 9.17) is 0 Å². The third-order valence-corrected chi connectivity index (χ3v) is 6.20. The number of rotatable bonds is 5. The summed E-state index contributed by atoms with van der Waals surface area (Å²) in [4.78, 5) is 28.0. The number of nitrogens with one attached hydrogen (secondary N) is 2. The predicted octanol–water partition coefficient (Wildman–Crippen LogP) is 3.04. The standard InChI is InChI=1S/C22H19N3O4S/c1-2-15-8-3-5-12-19(15)24-30(28,29)17-10-7-9-16(14-17)25-21(26)18-11-4-6-13-20(18)23-22(25)27/h3-14,24H,2H2,1H3,(H,23,27). The molecule has 0 fully saturated rings. The van der Waals surface area contributed by atoms with Crippen LogP contribution in [-0.2, 0) is 16.4 Å². The third kappa shape index (κ3) is 3.53. The topological polar surface area (TPSA) is 101 Å². The van der Waals surface area contributed by atoms with E-state index < -0.39 is 21.3 Å². The highest BCUT2D eigenvalue weighted by atomic mass is 32.2. The van der Waals surface area contributed by atoms with E-state index in [0.29, 0.717) is 23.0 Å². The molecule has 0 saturated heterocycles. The Morgan fingerprint density at radius 3 is 2.47 bits per heavy atom. The van der Waals surface area contributed by atoms with Gasteiger partial charge in [0.2, 0.25) is 0 Å². The smallest absolute Gasteiger partial charge is 0.306 e.